The van der Waals surface area contributed by atoms with Gasteiger partial charge in [-0.3, -0.25) is 9.59 Å². The van der Waals surface area contributed by atoms with E-state index in [9.17, 15) is 9.59 Å². The van der Waals surface area contributed by atoms with Gasteiger partial charge in [0.1, 0.15) is 0 Å². The lowest BCUT2D eigenvalue weighted by atomic mass is 9.96. The van der Waals surface area contributed by atoms with E-state index in [0.717, 1.165) is 16.7 Å². The van der Waals surface area contributed by atoms with Crippen molar-refractivity contribution >= 4 is 28.6 Å². The van der Waals surface area contributed by atoms with Crippen LogP contribution >= 0.6 is 0 Å². The molecule has 126 valence electrons. The smallest absolute Gasteiger partial charge is 0.266 e. The first-order valence-corrected chi connectivity index (χ1v) is 8.48. The van der Waals surface area contributed by atoms with Crippen LogP contribution in [0.25, 0.3) is 11.1 Å². The molecule has 0 aromatic heterocycles. The number of benzene rings is 3. The lowest BCUT2D eigenvalue weighted by molar-refractivity contribution is -0.119. The summed E-state index contributed by atoms with van der Waals surface area (Å²) in [4.78, 5) is 27.9. The molecule has 2 amide bonds. The second-order valence-corrected chi connectivity index (χ2v) is 6.21. The van der Waals surface area contributed by atoms with Crippen molar-refractivity contribution in [2.45, 2.75) is 6.92 Å². The number of hydrogen-bond acceptors (Lipinski definition) is 2. The molecule has 0 radical (unpaired) electrons. The summed E-state index contributed by atoms with van der Waals surface area (Å²) in [6.45, 7) is 1.90. The zero-order chi connectivity index (χ0) is 18.1. The third-order valence-electron chi connectivity index (χ3n) is 4.57. The molecule has 3 nitrogen and oxygen atoms in total. The largest absolute Gasteiger partial charge is 0.268 e. The standard InChI is InChI=1S/C23H17NO2/c1-16-10-8-9-15-19(16)24-22(25)20(17-11-4-2-5-12-17)21(23(24)26)18-13-6-3-7-14-18/h2-15H,1H3. The lowest BCUT2D eigenvalue weighted by Gasteiger charge is -2.17. The first kappa shape index (κ1) is 16.0. The van der Waals surface area contributed by atoms with Crippen LogP contribution in [-0.4, -0.2) is 11.8 Å². The molecular formula is C23H17NO2. The molecule has 3 aromatic rings. The zero-order valence-electron chi connectivity index (χ0n) is 14.3. The van der Waals surface area contributed by atoms with Crippen LogP contribution in [0.3, 0.4) is 0 Å². The molecule has 1 aliphatic rings. The third-order valence-corrected chi connectivity index (χ3v) is 4.57. The fraction of sp³-hybridized carbons (Fsp3) is 0.0435. The van der Waals surface area contributed by atoms with E-state index >= 15 is 0 Å². The highest BCUT2D eigenvalue weighted by atomic mass is 16.2. The molecule has 0 unspecified atom stereocenters. The molecule has 3 heteroatoms. The Hall–Kier alpha value is -3.46. The minimum atomic E-state index is -0.283. The molecule has 0 atom stereocenters. The molecule has 0 saturated heterocycles. The topological polar surface area (TPSA) is 37.4 Å². The van der Waals surface area contributed by atoms with Crippen LogP contribution in [0.15, 0.2) is 84.9 Å². The van der Waals surface area contributed by atoms with Gasteiger partial charge < -0.3 is 0 Å². The van der Waals surface area contributed by atoms with E-state index in [0.29, 0.717) is 16.8 Å². The van der Waals surface area contributed by atoms with Gasteiger partial charge in [0, 0.05) is 0 Å². The van der Waals surface area contributed by atoms with Gasteiger partial charge in [0.2, 0.25) is 0 Å². The Bertz CT molecular complexity index is 959. The van der Waals surface area contributed by atoms with Crippen molar-refractivity contribution in [3.8, 4) is 0 Å². The van der Waals surface area contributed by atoms with E-state index in [1.54, 1.807) is 0 Å². The first-order valence-electron chi connectivity index (χ1n) is 8.48. The number of carbonyl (C=O) groups excluding carboxylic acids is 2. The summed E-state index contributed by atoms with van der Waals surface area (Å²) in [6.07, 6.45) is 0. The Kier molecular flexibility index (Phi) is 3.98. The van der Waals surface area contributed by atoms with Gasteiger partial charge >= 0.3 is 0 Å². The van der Waals surface area contributed by atoms with E-state index in [1.807, 2.05) is 91.9 Å². The minimum absolute atomic E-state index is 0.283. The number of anilines is 1. The van der Waals surface area contributed by atoms with Gasteiger partial charge in [-0.25, -0.2) is 4.90 Å². The molecule has 26 heavy (non-hydrogen) atoms. The van der Waals surface area contributed by atoms with Crippen LogP contribution in [0.1, 0.15) is 16.7 Å². The maximum atomic E-state index is 13.3. The number of nitrogens with zero attached hydrogens (tertiary/aromatic N) is 1. The Balaban J connectivity index is 1.94. The number of rotatable bonds is 3. The summed E-state index contributed by atoms with van der Waals surface area (Å²) in [5.41, 5.74) is 3.91. The van der Waals surface area contributed by atoms with E-state index < -0.39 is 0 Å². The quantitative estimate of drug-likeness (QED) is 0.660. The van der Waals surface area contributed by atoms with Crippen LogP contribution in [0, 0.1) is 6.92 Å². The molecule has 1 heterocycles. The molecular weight excluding hydrogens is 322 g/mol. The van der Waals surface area contributed by atoms with E-state index in [-0.39, 0.29) is 11.8 Å². The van der Waals surface area contributed by atoms with Gasteiger partial charge in [-0.2, -0.15) is 0 Å². The first-order chi connectivity index (χ1) is 12.7. The summed E-state index contributed by atoms with van der Waals surface area (Å²) in [7, 11) is 0. The molecule has 0 N–H and O–H groups in total. The monoisotopic (exact) mass is 339 g/mol. The van der Waals surface area contributed by atoms with E-state index in [1.165, 1.54) is 4.90 Å². The maximum Gasteiger partial charge on any atom is 0.266 e. The molecule has 1 aliphatic heterocycles. The lowest BCUT2D eigenvalue weighted by Crippen LogP contribution is -2.31. The summed E-state index contributed by atoms with van der Waals surface area (Å²) in [5.74, 6) is -0.566. The Morgan fingerprint density at radius 3 is 1.46 bits per heavy atom. The van der Waals surface area contributed by atoms with Crippen molar-refractivity contribution in [1.82, 2.24) is 0 Å². The second-order valence-electron chi connectivity index (χ2n) is 6.21. The average molecular weight is 339 g/mol. The molecule has 0 spiro atoms. The van der Waals surface area contributed by atoms with Crippen LogP contribution in [0.4, 0.5) is 5.69 Å². The van der Waals surface area contributed by atoms with Crippen LogP contribution < -0.4 is 4.90 Å². The van der Waals surface area contributed by atoms with Crippen molar-refractivity contribution in [2.75, 3.05) is 4.90 Å². The highest BCUT2D eigenvalue weighted by molar-refractivity contribution is 6.57. The van der Waals surface area contributed by atoms with Gasteiger partial charge in [-0.15, -0.1) is 0 Å². The summed E-state index contributed by atoms with van der Waals surface area (Å²) in [5, 5.41) is 0. The van der Waals surface area contributed by atoms with Gasteiger partial charge in [0.15, 0.2) is 0 Å². The van der Waals surface area contributed by atoms with Crippen molar-refractivity contribution in [1.29, 1.82) is 0 Å². The van der Waals surface area contributed by atoms with Gasteiger partial charge in [0.05, 0.1) is 16.8 Å². The molecule has 0 aliphatic carbocycles. The summed E-state index contributed by atoms with van der Waals surface area (Å²) < 4.78 is 0. The zero-order valence-corrected chi connectivity index (χ0v) is 14.3. The molecule has 4 rings (SSSR count). The summed E-state index contributed by atoms with van der Waals surface area (Å²) >= 11 is 0. The number of imide groups is 1. The Morgan fingerprint density at radius 2 is 1.00 bits per heavy atom. The molecule has 0 saturated carbocycles. The number of aryl methyl sites for hydroxylation is 1. The highest BCUT2D eigenvalue weighted by Crippen LogP contribution is 2.38. The maximum absolute atomic E-state index is 13.3. The van der Waals surface area contributed by atoms with Crippen LogP contribution in [0.5, 0.6) is 0 Å². The van der Waals surface area contributed by atoms with Gasteiger partial charge in [-0.05, 0) is 29.7 Å². The fourth-order valence-electron chi connectivity index (χ4n) is 3.31. The SMILES string of the molecule is Cc1ccccc1N1C(=O)C(c2ccccc2)=C(c2ccccc2)C1=O. The van der Waals surface area contributed by atoms with Crippen molar-refractivity contribution < 1.29 is 9.59 Å². The van der Waals surface area contributed by atoms with Crippen molar-refractivity contribution in [3.63, 3.8) is 0 Å². The average Bonchev–Trinajstić information content (AvgIpc) is 2.94. The van der Waals surface area contributed by atoms with Crippen molar-refractivity contribution in [3.05, 3.63) is 102 Å². The molecule has 0 bridgehead atoms. The fourth-order valence-corrected chi connectivity index (χ4v) is 3.31. The van der Waals surface area contributed by atoms with Crippen molar-refractivity contribution in [2.24, 2.45) is 0 Å². The third kappa shape index (κ3) is 2.54. The number of para-hydroxylation sites is 1. The number of carbonyl (C=O) groups is 2. The van der Waals surface area contributed by atoms with E-state index in [4.69, 9.17) is 0 Å². The van der Waals surface area contributed by atoms with Gasteiger partial charge in [-0.1, -0.05) is 78.9 Å². The predicted octanol–water partition coefficient (Wildman–Crippen LogP) is 4.48. The Morgan fingerprint density at radius 1 is 0.577 bits per heavy atom. The molecule has 0 fully saturated rings. The normalized spacial score (nSPS) is 14.3. The second kappa shape index (κ2) is 6.45. The number of amides is 2. The van der Waals surface area contributed by atoms with E-state index in [2.05, 4.69) is 0 Å². The Labute approximate surface area is 152 Å². The molecule has 3 aromatic carbocycles. The summed E-state index contributed by atoms with van der Waals surface area (Å²) in [6, 6.07) is 26.2. The highest BCUT2D eigenvalue weighted by Gasteiger charge is 2.40. The number of hydrogen-bond donors (Lipinski definition) is 0. The van der Waals surface area contributed by atoms with Crippen LogP contribution in [-0.2, 0) is 9.59 Å². The van der Waals surface area contributed by atoms with Gasteiger partial charge in [0.25, 0.3) is 11.8 Å². The minimum Gasteiger partial charge on any atom is -0.268 e. The predicted molar refractivity (Wildman–Crippen MR) is 103 cm³/mol. The van der Waals surface area contributed by atoms with Crippen LogP contribution in [0.2, 0.25) is 0 Å².